The zero-order valence-electron chi connectivity index (χ0n) is 13.7. The summed E-state index contributed by atoms with van der Waals surface area (Å²) in [5, 5.41) is 26.5. The number of hydrogen-bond donors (Lipinski definition) is 0. The average Bonchev–Trinajstić information content (AvgIpc) is 3.41. The van der Waals surface area contributed by atoms with E-state index in [1.807, 2.05) is 34.5 Å². The fourth-order valence-corrected chi connectivity index (χ4v) is 3.79. The van der Waals surface area contributed by atoms with Crippen LogP contribution in [0.5, 0.6) is 0 Å². The van der Waals surface area contributed by atoms with Crippen LogP contribution in [-0.4, -0.2) is 24.9 Å². The molecule has 128 valence electrons. The van der Waals surface area contributed by atoms with Crippen LogP contribution in [0.3, 0.4) is 0 Å². The molecule has 0 aliphatic carbocycles. The summed E-state index contributed by atoms with van der Waals surface area (Å²) >= 11 is 3.10. The Hall–Kier alpha value is -2.96. The molecular formula is C17H12N6OS2. The molecule has 0 saturated heterocycles. The zero-order valence-corrected chi connectivity index (χ0v) is 15.3. The number of hydrogen-bond acceptors (Lipinski definition) is 8. The van der Waals surface area contributed by atoms with Crippen LogP contribution >= 0.6 is 23.1 Å². The molecule has 0 spiro atoms. The van der Waals surface area contributed by atoms with Crippen molar-refractivity contribution in [1.82, 2.24) is 24.9 Å². The molecule has 4 aromatic rings. The Morgan fingerprint density at radius 1 is 1.27 bits per heavy atom. The van der Waals surface area contributed by atoms with Crippen molar-refractivity contribution < 1.29 is 4.52 Å². The van der Waals surface area contributed by atoms with Gasteiger partial charge in [0.2, 0.25) is 0 Å². The maximum Gasteiger partial charge on any atom is 0.259 e. The summed E-state index contributed by atoms with van der Waals surface area (Å²) in [4.78, 5) is 4.39. The fourth-order valence-electron chi connectivity index (χ4n) is 2.40. The van der Waals surface area contributed by atoms with E-state index in [0.29, 0.717) is 28.6 Å². The van der Waals surface area contributed by atoms with Crippen molar-refractivity contribution in [1.29, 1.82) is 5.26 Å². The van der Waals surface area contributed by atoms with Gasteiger partial charge in [0.05, 0.1) is 22.9 Å². The van der Waals surface area contributed by atoms with Crippen LogP contribution in [0.4, 0.5) is 0 Å². The molecule has 3 heterocycles. The molecule has 0 fully saturated rings. The van der Waals surface area contributed by atoms with Crippen molar-refractivity contribution in [3.05, 3.63) is 52.5 Å². The van der Waals surface area contributed by atoms with E-state index in [1.165, 1.54) is 11.8 Å². The molecule has 0 N–H and O–H groups in total. The van der Waals surface area contributed by atoms with E-state index < -0.39 is 0 Å². The Morgan fingerprint density at radius 3 is 2.96 bits per heavy atom. The molecule has 0 bridgehead atoms. The average molecular weight is 380 g/mol. The number of rotatable bonds is 5. The highest BCUT2D eigenvalue weighted by atomic mass is 32.2. The second-order valence-electron chi connectivity index (χ2n) is 5.34. The van der Waals surface area contributed by atoms with Crippen LogP contribution in [0, 0.1) is 11.3 Å². The number of thioether (sulfide) groups is 1. The molecule has 0 radical (unpaired) electrons. The number of nitrogens with zero attached hydrogens (tertiary/aromatic N) is 6. The van der Waals surface area contributed by atoms with Crippen molar-refractivity contribution in [2.24, 2.45) is 7.05 Å². The van der Waals surface area contributed by atoms with Gasteiger partial charge in [-0.05, 0) is 23.6 Å². The predicted octanol–water partition coefficient (Wildman–Crippen LogP) is 3.76. The Morgan fingerprint density at radius 2 is 2.15 bits per heavy atom. The number of benzene rings is 1. The van der Waals surface area contributed by atoms with E-state index in [1.54, 1.807) is 29.5 Å². The third kappa shape index (κ3) is 3.12. The summed E-state index contributed by atoms with van der Waals surface area (Å²) in [6.45, 7) is 0. The van der Waals surface area contributed by atoms with Crippen LogP contribution < -0.4 is 0 Å². The molecule has 3 aromatic heterocycles. The normalized spacial score (nSPS) is 10.8. The molecular weight excluding hydrogens is 368 g/mol. The molecule has 1 aromatic carbocycles. The molecule has 7 nitrogen and oxygen atoms in total. The molecule has 26 heavy (non-hydrogen) atoms. The smallest absolute Gasteiger partial charge is 0.259 e. The van der Waals surface area contributed by atoms with Crippen LogP contribution in [0.2, 0.25) is 0 Å². The highest BCUT2D eigenvalue weighted by molar-refractivity contribution is 7.98. The Kier molecular flexibility index (Phi) is 4.51. The number of aromatic nitrogens is 5. The van der Waals surface area contributed by atoms with Crippen molar-refractivity contribution in [2.75, 3.05) is 0 Å². The summed E-state index contributed by atoms with van der Waals surface area (Å²) in [5.41, 5.74) is 2.19. The maximum absolute atomic E-state index is 9.19. The van der Waals surface area contributed by atoms with Gasteiger partial charge in [-0.2, -0.15) is 21.6 Å². The standard InChI is InChI=1S/C17H12N6OS2/c1-23-15(12-6-7-25-9-12)20-21-17(23)26-10-14-19-16(24-22-14)13-5-3-2-4-11(13)8-18/h2-7,9H,10H2,1H3. The van der Waals surface area contributed by atoms with Gasteiger partial charge in [-0.25, -0.2) is 0 Å². The van der Waals surface area contributed by atoms with E-state index in [0.717, 1.165) is 16.5 Å². The molecule has 4 rings (SSSR count). The lowest BCUT2D eigenvalue weighted by Crippen LogP contribution is -1.94. The minimum Gasteiger partial charge on any atom is -0.334 e. The minimum absolute atomic E-state index is 0.342. The lowest BCUT2D eigenvalue weighted by atomic mass is 10.1. The van der Waals surface area contributed by atoms with E-state index in [-0.39, 0.29) is 0 Å². The first kappa shape index (κ1) is 16.5. The first-order valence-corrected chi connectivity index (χ1v) is 9.56. The van der Waals surface area contributed by atoms with Gasteiger partial charge in [-0.1, -0.05) is 29.1 Å². The van der Waals surface area contributed by atoms with Gasteiger partial charge in [0.15, 0.2) is 16.8 Å². The maximum atomic E-state index is 9.19. The molecule has 9 heteroatoms. The summed E-state index contributed by atoms with van der Waals surface area (Å²) in [6, 6.07) is 11.3. The first-order valence-electron chi connectivity index (χ1n) is 7.63. The lowest BCUT2D eigenvalue weighted by molar-refractivity contribution is 0.425. The van der Waals surface area contributed by atoms with E-state index in [4.69, 9.17) is 4.52 Å². The SMILES string of the molecule is Cn1c(SCc2noc(-c3ccccc3C#N)n2)nnc1-c1ccsc1. The third-order valence-electron chi connectivity index (χ3n) is 3.69. The van der Waals surface area contributed by atoms with Crippen LogP contribution in [-0.2, 0) is 12.8 Å². The summed E-state index contributed by atoms with van der Waals surface area (Å²) < 4.78 is 7.25. The van der Waals surface area contributed by atoms with Crippen LogP contribution in [0.25, 0.3) is 22.8 Å². The predicted molar refractivity (Wildman–Crippen MR) is 98.3 cm³/mol. The van der Waals surface area contributed by atoms with Gasteiger partial charge in [-0.15, -0.1) is 10.2 Å². The molecule has 0 amide bonds. The molecule has 0 atom stereocenters. The van der Waals surface area contributed by atoms with Crippen LogP contribution in [0.1, 0.15) is 11.4 Å². The van der Waals surface area contributed by atoms with Gasteiger partial charge < -0.3 is 9.09 Å². The monoisotopic (exact) mass is 380 g/mol. The van der Waals surface area contributed by atoms with E-state index in [2.05, 4.69) is 26.4 Å². The van der Waals surface area contributed by atoms with Crippen molar-refractivity contribution in [3.63, 3.8) is 0 Å². The van der Waals surface area contributed by atoms with Gasteiger partial charge in [0.25, 0.3) is 5.89 Å². The largest absolute Gasteiger partial charge is 0.334 e. The van der Waals surface area contributed by atoms with Gasteiger partial charge in [0.1, 0.15) is 0 Å². The van der Waals surface area contributed by atoms with E-state index in [9.17, 15) is 5.26 Å². The lowest BCUT2D eigenvalue weighted by Gasteiger charge is -2.00. The van der Waals surface area contributed by atoms with E-state index >= 15 is 0 Å². The quantitative estimate of drug-likeness (QED) is 0.487. The number of thiophene rings is 1. The number of nitriles is 1. The topological polar surface area (TPSA) is 93.4 Å². The summed E-state index contributed by atoms with van der Waals surface area (Å²) in [6.07, 6.45) is 0. The highest BCUT2D eigenvalue weighted by Gasteiger charge is 2.15. The van der Waals surface area contributed by atoms with Gasteiger partial charge in [0, 0.05) is 18.0 Å². The second kappa shape index (κ2) is 7.11. The Bertz CT molecular complexity index is 1080. The molecule has 0 aliphatic heterocycles. The van der Waals surface area contributed by atoms with Gasteiger partial charge >= 0.3 is 0 Å². The Balaban J connectivity index is 1.50. The fraction of sp³-hybridized carbons (Fsp3) is 0.118. The summed E-state index contributed by atoms with van der Waals surface area (Å²) in [7, 11) is 1.93. The zero-order chi connectivity index (χ0) is 17.9. The summed E-state index contributed by atoms with van der Waals surface area (Å²) in [5.74, 6) is 2.20. The molecule has 0 saturated carbocycles. The molecule has 0 aliphatic rings. The van der Waals surface area contributed by atoms with Crippen LogP contribution in [0.15, 0.2) is 50.8 Å². The second-order valence-corrected chi connectivity index (χ2v) is 7.06. The first-order chi connectivity index (χ1) is 12.8. The highest BCUT2D eigenvalue weighted by Crippen LogP contribution is 2.27. The molecule has 0 unspecified atom stereocenters. The third-order valence-corrected chi connectivity index (χ3v) is 5.39. The van der Waals surface area contributed by atoms with Gasteiger partial charge in [-0.3, -0.25) is 0 Å². The van der Waals surface area contributed by atoms with Crippen molar-refractivity contribution in [2.45, 2.75) is 10.9 Å². The Labute approximate surface area is 157 Å². The minimum atomic E-state index is 0.342. The van der Waals surface area contributed by atoms with Crippen molar-refractivity contribution in [3.8, 4) is 28.9 Å². The van der Waals surface area contributed by atoms with Crippen molar-refractivity contribution >= 4 is 23.1 Å².